The number of rotatable bonds is 4. The number of anilines is 3. The van der Waals surface area contributed by atoms with Gasteiger partial charge in [0, 0.05) is 52.0 Å². The van der Waals surface area contributed by atoms with Crippen molar-refractivity contribution >= 4 is 38.9 Å². The molecule has 1 aliphatic heterocycles. The molecule has 0 saturated carbocycles. The van der Waals surface area contributed by atoms with Gasteiger partial charge in [-0.05, 0) is 92.9 Å². The minimum atomic E-state index is -2.31. The molecule has 0 unspecified atom stereocenters. The monoisotopic (exact) mass is 703 g/mol. The summed E-state index contributed by atoms with van der Waals surface area (Å²) in [5, 5.41) is 2.27. The highest BCUT2D eigenvalue weighted by molar-refractivity contribution is 6.09. The molecule has 0 atom stereocenters. The second-order valence-electron chi connectivity index (χ2n) is 15.8. The van der Waals surface area contributed by atoms with E-state index in [0.717, 1.165) is 39.0 Å². The molecule has 4 aliphatic rings. The Morgan fingerprint density at radius 3 is 2.02 bits per heavy atom. The first-order chi connectivity index (χ1) is 27.5. The smallest absolute Gasteiger partial charge is 0.137 e. The van der Waals surface area contributed by atoms with Crippen molar-refractivity contribution in [1.29, 1.82) is 0 Å². The lowest BCUT2D eigenvalue weighted by molar-refractivity contribution is 0.481. The highest BCUT2D eigenvalue weighted by atomic mass is 16.5. The summed E-state index contributed by atoms with van der Waals surface area (Å²) < 4.78 is 34.7. The van der Waals surface area contributed by atoms with Crippen LogP contribution >= 0.6 is 0 Å². The van der Waals surface area contributed by atoms with E-state index in [1.165, 1.54) is 43.8 Å². The highest BCUT2D eigenvalue weighted by Crippen LogP contribution is 2.60. The van der Waals surface area contributed by atoms with Gasteiger partial charge in [-0.15, -0.1) is 0 Å². The van der Waals surface area contributed by atoms with Gasteiger partial charge < -0.3 is 14.5 Å². The van der Waals surface area contributed by atoms with Gasteiger partial charge in [-0.25, -0.2) is 4.98 Å². The molecule has 0 saturated heterocycles. The molecule has 5 heteroatoms. The number of ether oxygens (including phenoxy) is 1. The van der Waals surface area contributed by atoms with Crippen molar-refractivity contribution in [2.24, 2.45) is 0 Å². The van der Waals surface area contributed by atoms with Crippen LogP contribution in [-0.4, -0.2) is 23.2 Å². The normalized spacial score (nSPS) is 17.8. The number of nitrogens with zero attached hydrogens (tertiary/aromatic N) is 4. The quantitative estimate of drug-likeness (QED) is 0.183. The van der Waals surface area contributed by atoms with Crippen LogP contribution in [0.15, 0.2) is 146 Å². The molecular weight excluding hydrogens is 661 g/mol. The topological polar surface area (TPSA) is 33.5 Å². The third-order valence-corrected chi connectivity index (χ3v) is 11.8. The molecular formula is C49H40N4O. The van der Waals surface area contributed by atoms with Crippen LogP contribution in [0.3, 0.4) is 0 Å². The Labute approximate surface area is 319 Å². The second-order valence-corrected chi connectivity index (χ2v) is 15.8. The summed E-state index contributed by atoms with van der Waals surface area (Å²) in [7, 11) is 0. The molecule has 6 aromatic carbocycles. The largest absolute Gasteiger partial charge is 0.457 e. The van der Waals surface area contributed by atoms with E-state index >= 15 is 0 Å². The Hall–Kier alpha value is -6.33. The molecule has 12 rings (SSSR count). The molecule has 3 heterocycles. The van der Waals surface area contributed by atoms with Gasteiger partial charge >= 0.3 is 0 Å². The van der Waals surface area contributed by atoms with Crippen LogP contribution in [0.1, 0.15) is 75.7 Å². The van der Waals surface area contributed by atoms with Crippen molar-refractivity contribution in [2.45, 2.75) is 38.0 Å². The second kappa shape index (κ2) is 11.3. The average Bonchev–Trinajstić information content (AvgIpc) is 3.77. The lowest BCUT2D eigenvalue weighted by atomic mass is 9.60. The highest BCUT2D eigenvalue weighted by Gasteiger charge is 2.44. The molecule has 0 radical (unpaired) electrons. The first-order valence-corrected chi connectivity index (χ1v) is 18.7. The van der Waals surface area contributed by atoms with Crippen LogP contribution < -0.4 is 14.5 Å². The number of benzene rings is 6. The van der Waals surface area contributed by atoms with Gasteiger partial charge in [-0.2, -0.15) is 0 Å². The standard InChI is InChI=1S/C49H40N4O/c1-49(2,3)30-23-24-50-45(25-30)53-40-18-10-9-13-33(40)34-22-21-31(27-43(34)53)54-32-26-39-46-35-14-5-7-16-37(35)47(38-17-8-6-15-36(38)46)48(39)44(28-32)52-29-51(4)41-19-11-12-20-42(41)52/h5-28,46-47H,29H2,1-4H3/i4D3. The van der Waals surface area contributed by atoms with Crippen LogP contribution in [0.2, 0.25) is 0 Å². The molecule has 2 bridgehead atoms. The van der Waals surface area contributed by atoms with E-state index in [1.807, 2.05) is 30.5 Å². The lowest BCUT2D eigenvalue weighted by Crippen LogP contribution is -2.31. The van der Waals surface area contributed by atoms with Crippen LogP contribution in [-0.2, 0) is 5.41 Å². The zero-order valence-corrected chi connectivity index (χ0v) is 30.4. The number of para-hydroxylation sites is 3. The summed E-state index contributed by atoms with van der Waals surface area (Å²) in [5.74, 6) is 2.26. The van der Waals surface area contributed by atoms with Crippen LogP contribution in [0.4, 0.5) is 17.1 Å². The van der Waals surface area contributed by atoms with Crippen molar-refractivity contribution in [3.8, 4) is 17.3 Å². The molecule has 3 aliphatic carbocycles. The minimum Gasteiger partial charge on any atom is -0.457 e. The maximum absolute atomic E-state index is 8.50. The van der Waals surface area contributed by atoms with Gasteiger partial charge in [0.15, 0.2) is 0 Å². The fraction of sp³-hybridized carbons (Fsp3) is 0.163. The Kier molecular flexibility index (Phi) is 5.92. The maximum atomic E-state index is 8.50. The van der Waals surface area contributed by atoms with Gasteiger partial charge in [-0.1, -0.05) is 99.6 Å². The van der Waals surface area contributed by atoms with E-state index in [2.05, 4.69) is 145 Å². The Balaban J connectivity index is 1.11. The van der Waals surface area contributed by atoms with E-state index in [-0.39, 0.29) is 23.9 Å². The van der Waals surface area contributed by atoms with Gasteiger partial charge in [0.05, 0.1) is 34.8 Å². The van der Waals surface area contributed by atoms with Crippen LogP contribution in [0, 0.1) is 0 Å². The van der Waals surface area contributed by atoms with Crippen molar-refractivity contribution in [3.05, 3.63) is 185 Å². The first-order valence-electron chi connectivity index (χ1n) is 20.2. The van der Waals surface area contributed by atoms with E-state index in [9.17, 15) is 0 Å². The fourth-order valence-corrected chi connectivity index (χ4v) is 9.35. The Morgan fingerprint density at radius 1 is 0.611 bits per heavy atom. The van der Waals surface area contributed by atoms with Crippen molar-refractivity contribution in [3.63, 3.8) is 0 Å². The summed E-state index contributed by atoms with van der Waals surface area (Å²) in [6.45, 7) is 4.55. The SMILES string of the molecule is [2H]C([2H])([2H])N1CN(c2cc(Oc3ccc4c5ccccc5n(-c5cc(C(C)(C)C)ccn5)c4c3)cc3c2C2c4ccccc4C3c3ccccc32)c2ccccc21. The van der Waals surface area contributed by atoms with E-state index in [4.69, 9.17) is 13.8 Å². The van der Waals surface area contributed by atoms with E-state index in [1.54, 1.807) is 0 Å². The summed E-state index contributed by atoms with van der Waals surface area (Å²) in [5.41, 5.74) is 13.4. The summed E-state index contributed by atoms with van der Waals surface area (Å²) in [6.07, 6.45) is 1.90. The molecule has 54 heavy (non-hydrogen) atoms. The predicted molar refractivity (Wildman–Crippen MR) is 220 cm³/mol. The Morgan fingerprint density at radius 2 is 1.28 bits per heavy atom. The van der Waals surface area contributed by atoms with Crippen molar-refractivity contribution in [2.75, 3.05) is 23.4 Å². The molecule has 0 N–H and O–H groups in total. The minimum absolute atomic E-state index is 0.00226. The first kappa shape index (κ1) is 28.2. The van der Waals surface area contributed by atoms with Crippen LogP contribution in [0.25, 0.3) is 27.6 Å². The number of aromatic nitrogens is 2. The summed E-state index contributed by atoms with van der Waals surface area (Å²) in [6, 6.07) is 48.8. The maximum Gasteiger partial charge on any atom is 0.137 e. The zero-order valence-electron chi connectivity index (χ0n) is 33.4. The van der Waals surface area contributed by atoms with E-state index < -0.39 is 6.98 Å². The van der Waals surface area contributed by atoms with Gasteiger partial charge in [0.25, 0.3) is 0 Å². The van der Waals surface area contributed by atoms with Crippen molar-refractivity contribution < 1.29 is 8.85 Å². The molecule has 2 aromatic heterocycles. The molecule has 8 aromatic rings. The summed E-state index contributed by atoms with van der Waals surface area (Å²) in [4.78, 5) is 8.59. The summed E-state index contributed by atoms with van der Waals surface area (Å²) >= 11 is 0. The van der Waals surface area contributed by atoms with Crippen molar-refractivity contribution in [1.82, 2.24) is 9.55 Å². The number of fused-ring (bicyclic) bond motifs is 4. The molecule has 5 nitrogen and oxygen atoms in total. The molecule has 262 valence electrons. The number of pyridine rings is 1. The fourth-order valence-electron chi connectivity index (χ4n) is 9.35. The molecule has 0 amide bonds. The number of hydrogen-bond acceptors (Lipinski definition) is 4. The number of hydrogen-bond donors (Lipinski definition) is 0. The van der Waals surface area contributed by atoms with E-state index in [0.29, 0.717) is 17.2 Å². The third kappa shape index (κ3) is 4.48. The molecule has 0 spiro atoms. The van der Waals surface area contributed by atoms with Gasteiger partial charge in [0.1, 0.15) is 17.3 Å². The van der Waals surface area contributed by atoms with Gasteiger partial charge in [-0.3, -0.25) is 4.57 Å². The molecule has 0 fully saturated rings. The Bertz CT molecular complexity index is 2890. The lowest BCUT2D eigenvalue weighted by Gasteiger charge is -2.44. The van der Waals surface area contributed by atoms with Gasteiger partial charge in [0.2, 0.25) is 0 Å². The predicted octanol–water partition coefficient (Wildman–Crippen LogP) is 11.8. The van der Waals surface area contributed by atoms with Crippen LogP contribution in [0.5, 0.6) is 11.5 Å². The zero-order chi connectivity index (χ0) is 38.8. The average molecular weight is 704 g/mol. The third-order valence-electron chi connectivity index (χ3n) is 11.8.